The maximum atomic E-state index is 11.7. The van der Waals surface area contributed by atoms with Crippen molar-refractivity contribution >= 4 is 22.7 Å². The zero-order valence-corrected chi connectivity index (χ0v) is 10.5. The van der Waals surface area contributed by atoms with Crippen LogP contribution in [0.1, 0.15) is 21.0 Å². The van der Waals surface area contributed by atoms with Crippen LogP contribution in [0, 0.1) is 0 Å². The van der Waals surface area contributed by atoms with Gasteiger partial charge in [-0.2, -0.15) is 0 Å². The van der Waals surface area contributed by atoms with E-state index < -0.39 is 11.9 Å². The van der Waals surface area contributed by atoms with Crippen LogP contribution in [0.15, 0.2) is 36.4 Å². The van der Waals surface area contributed by atoms with Gasteiger partial charge in [0, 0.05) is 10.8 Å². The van der Waals surface area contributed by atoms with Crippen molar-refractivity contribution in [3.63, 3.8) is 0 Å². The lowest BCUT2D eigenvalue weighted by Gasteiger charge is -2.08. The van der Waals surface area contributed by atoms with Gasteiger partial charge in [-0.15, -0.1) is 5.10 Å². The first-order valence-corrected chi connectivity index (χ1v) is 6.10. The number of phenolic OH excluding ortho intramolecular Hbond substituents is 1. The molecule has 7 nitrogen and oxygen atoms in total. The molecule has 0 saturated heterocycles. The lowest BCUT2D eigenvalue weighted by atomic mass is 10.1. The fourth-order valence-corrected chi connectivity index (χ4v) is 2.41. The van der Waals surface area contributed by atoms with Crippen LogP contribution in [-0.4, -0.2) is 32.0 Å². The molecule has 0 aliphatic carbocycles. The van der Waals surface area contributed by atoms with Crippen LogP contribution in [0.5, 0.6) is 5.75 Å². The molecular formula is C14H7N3O4. The van der Waals surface area contributed by atoms with Gasteiger partial charge < -0.3 is 9.84 Å². The summed E-state index contributed by atoms with van der Waals surface area (Å²) in [7, 11) is 0. The highest BCUT2D eigenvalue weighted by molar-refractivity contribution is 6.13. The van der Waals surface area contributed by atoms with Gasteiger partial charge in [0.2, 0.25) is 5.69 Å². The molecule has 1 N–H and O–H groups in total. The molecule has 0 bridgehead atoms. The summed E-state index contributed by atoms with van der Waals surface area (Å²) < 4.78 is 5.77. The number of benzene rings is 2. The average molecular weight is 281 g/mol. The molecule has 1 aliphatic rings. The average Bonchev–Trinajstić information content (AvgIpc) is 3.02. The number of carbonyl (C=O) groups excluding carboxylic acids is 2. The van der Waals surface area contributed by atoms with Gasteiger partial charge in [0.15, 0.2) is 5.69 Å². The van der Waals surface area contributed by atoms with Gasteiger partial charge in [-0.25, -0.2) is 14.3 Å². The molecule has 0 atom stereocenters. The van der Waals surface area contributed by atoms with Crippen LogP contribution >= 0.6 is 0 Å². The Morgan fingerprint density at radius 2 is 1.76 bits per heavy atom. The predicted octanol–water partition coefficient (Wildman–Crippen LogP) is 1.44. The molecule has 0 amide bonds. The second-order valence-corrected chi connectivity index (χ2v) is 4.52. The van der Waals surface area contributed by atoms with E-state index in [-0.39, 0.29) is 17.1 Å². The number of hydrogen-bond donors (Lipinski definition) is 1. The van der Waals surface area contributed by atoms with Crippen molar-refractivity contribution in [2.24, 2.45) is 0 Å². The molecule has 0 fully saturated rings. The largest absolute Gasteiger partial charge is 0.507 e. The Hall–Kier alpha value is -3.22. The molecule has 3 aromatic rings. The summed E-state index contributed by atoms with van der Waals surface area (Å²) in [6.07, 6.45) is 0. The second-order valence-electron chi connectivity index (χ2n) is 4.52. The first-order valence-electron chi connectivity index (χ1n) is 6.10. The third kappa shape index (κ3) is 1.48. The van der Waals surface area contributed by atoms with E-state index in [4.69, 9.17) is 0 Å². The number of nitrogens with zero attached hydrogens (tertiary/aromatic N) is 3. The van der Waals surface area contributed by atoms with E-state index in [1.165, 1.54) is 4.68 Å². The molecule has 1 aliphatic heterocycles. The number of aromatic nitrogens is 3. The Balaban J connectivity index is 2.06. The number of esters is 2. The van der Waals surface area contributed by atoms with E-state index in [2.05, 4.69) is 15.0 Å². The lowest BCUT2D eigenvalue weighted by molar-refractivity contribution is 0.0434. The van der Waals surface area contributed by atoms with Crippen LogP contribution in [-0.2, 0) is 4.74 Å². The van der Waals surface area contributed by atoms with Gasteiger partial charge in [0.1, 0.15) is 5.75 Å². The van der Waals surface area contributed by atoms with Crippen LogP contribution in [0.25, 0.3) is 16.5 Å². The smallest absolute Gasteiger partial charge is 0.369 e. The van der Waals surface area contributed by atoms with Crippen molar-refractivity contribution in [3.05, 3.63) is 47.8 Å². The highest BCUT2D eigenvalue weighted by atomic mass is 16.6. The van der Waals surface area contributed by atoms with E-state index in [0.29, 0.717) is 16.5 Å². The van der Waals surface area contributed by atoms with Gasteiger partial charge >= 0.3 is 11.9 Å². The van der Waals surface area contributed by atoms with Gasteiger partial charge in [0.25, 0.3) is 0 Å². The standard InChI is InChI=1S/C14H7N3O4/c18-10-6-2-3-7-8(10)4-1-5-9(7)17-12-11(15-16-17)13(19)21-14(12)20/h1-6,18H. The topological polar surface area (TPSA) is 94.3 Å². The van der Waals surface area contributed by atoms with E-state index >= 15 is 0 Å². The van der Waals surface area contributed by atoms with Crippen molar-refractivity contribution in [2.45, 2.75) is 0 Å². The zero-order chi connectivity index (χ0) is 14.6. The van der Waals surface area contributed by atoms with Crippen molar-refractivity contribution in [3.8, 4) is 11.4 Å². The van der Waals surface area contributed by atoms with E-state index in [1.807, 2.05) is 0 Å². The summed E-state index contributed by atoms with van der Waals surface area (Å²) in [6.45, 7) is 0. The van der Waals surface area contributed by atoms with Gasteiger partial charge in [-0.3, -0.25) is 0 Å². The molecule has 0 radical (unpaired) electrons. The second kappa shape index (κ2) is 3.89. The van der Waals surface area contributed by atoms with E-state index in [9.17, 15) is 14.7 Å². The number of carbonyl (C=O) groups is 2. The van der Waals surface area contributed by atoms with Gasteiger partial charge in [0.05, 0.1) is 5.69 Å². The first kappa shape index (κ1) is 11.6. The van der Waals surface area contributed by atoms with Crippen molar-refractivity contribution in [1.29, 1.82) is 0 Å². The fourth-order valence-electron chi connectivity index (χ4n) is 2.41. The van der Waals surface area contributed by atoms with Crippen LogP contribution < -0.4 is 0 Å². The Kier molecular flexibility index (Phi) is 2.15. The van der Waals surface area contributed by atoms with Crippen molar-refractivity contribution in [1.82, 2.24) is 15.0 Å². The number of ether oxygens (including phenoxy) is 1. The Bertz CT molecular complexity index is 929. The fraction of sp³-hybridized carbons (Fsp3) is 0. The monoisotopic (exact) mass is 281 g/mol. The molecular weight excluding hydrogens is 274 g/mol. The molecule has 1 aromatic heterocycles. The van der Waals surface area contributed by atoms with Crippen molar-refractivity contribution in [2.75, 3.05) is 0 Å². The summed E-state index contributed by atoms with van der Waals surface area (Å²) >= 11 is 0. The number of fused-ring (bicyclic) bond motifs is 2. The molecule has 0 saturated carbocycles. The molecule has 21 heavy (non-hydrogen) atoms. The highest BCUT2D eigenvalue weighted by Gasteiger charge is 2.37. The number of hydrogen-bond acceptors (Lipinski definition) is 6. The minimum Gasteiger partial charge on any atom is -0.507 e. The molecule has 0 spiro atoms. The van der Waals surface area contributed by atoms with Crippen molar-refractivity contribution < 1.29 is 19.4 Å². The first-order chi connectivity index (χ1) is 10.2. The SMILES string of the molecule is O=C1OC(=O)c2c1nnn2-c1cccc2c(O)cccc12. The highest BCUT2D eigenvalue weighted by Crippen LogP contribution is 2.30. The van der Waals surface area contributed by atoms with Crippen LogP contribution in [0.3, 0.4) is 0 Å². The molecule has 102 valence electrons. The summed E-state index contributed by atoms with van der Waals surface area (Å²) in [5.41, 5.74) is 0.428. The zero-order valence-electron chi connectivity index (χ0n) is 10.5. The third-order valence-corrected chi connectivity index (χ3v) is 3.35. The van der Waals surface area contributed by atoms with E-state index in [1.54, 1.807) is 36.4 Å². The Morgan fingerprint density at radius 1 is 1.00 bits per heavy atom. The molecule has 2 aromatic carbocycles. The molecule has 4 rings (SSSR count). The summed E-state index contributed by atoms with van der Waals surface area (Å²) in [5, 5.41) is 18.7. The summed E-state index contributed by atoms with van der Waals surface area (Å²) in [5.74, 6) is -1.47. The normalized spacial score (nSPS) is 13.5. The summed E-state index contributed by atoms with van der Waals surface area (Å²) in [6, 6.07) is 10.2. The number of phenols is 1. The Morgan fingerprint density at radius 3 is 2.62 bits per heavy atom. The number of aromatic hydroxyl groups is 1. The summed E-state index contributed by atoms with van der Waals surface area (Å²) in [4.78, 5) is 23.2. The quantitative estimate of drug-likeness (QED) is 0.535. The van der Waals surface area contributed by atoms with Crippen LogP contribution in [0.4, 0.5) is 0 Å². The number of rotatable bonds is 1. The maximum Gasteiger partial charge on any atom is 0.369 e. The minimum absolute atomic E-state index is 0.00385. The maximum absolute atomic E-state index is 11.7. The van der Waals surface area contributed by atoms with Gasteiger partial charge in [-0.05, 0) is 12.1 Å². The molecule has 0 unspecified atom stereocenters. The third-order valence-electron chi connectivity index (χ3n) is 3.35. The lowest BCUT2D eigenvalue weighted by Crippen LogP contribution is -2.08. The number of cyclic esters (lactones) is 2. The molecule has 2 heterocycles. The minimum atomic E-state index is -0.802. The van der Waals surface area contributed by atoms with Crippen LogP contribution in [0.2, 0.25) is 0 Å². The van der Waals surface area contributed by atoms with Gasteiger partial charge in [-0.1, -0.05) is 29.5 Å². The Labute approximate surface area is 117 Å². The molecule has 7 heteroatoms. The van der Waals surface area contributed by atoms with E-state index in [0.717, 1.165) is 0 Å². The predicted molar refractivity (Wildman–Crippen MR) is 70.3 cm³/mol.